The van der Waals surface area contributed by atoms with Crippen molar-refractivity contribution < 1.29 is 0 Å². The van der Waals surface area contributed by atoms with Gasteiger partial charge in [0.15, 0.2) is 0 Å². The molecule has 0 aromatic rings. The van der Waals surface area contributed by atoms with Crippen LogP contribution in [-0.4, -0.2) is 37.1 Å². The molecule has 0 bridgehead atoms. The Labute approximate surface area is 118 Å². The summed E-state index contributed by atoms with van der Waals surface area (Å²) in [5.74, 6) is 1.96. The van der Waals surface area contributed by atoms with Gasteiger partial charge in [-0.15, -0.1) is 0 Å². The van der Waals surface area contributed by atoms with Gasteiger partial charge < -0.3 is 10.2 Å². The molecule has 1 heterocycles. The van der Waals surface area contributed by atoms with E-state index in [2.05, 4.69) is 23.2 Å². The van der Waals surface area contributed by atoms with Crippen LogP contribution in [0.25, 0.3) is 0 Å². The van der Waals surface area contributed by atoms with E-state index in [1.54, 1.807) is 0 Å². The van der Waals surface area contributed by atoms with Crippen LogP contribution in [0.2, 0.25) is 0 Å². The molecule has 1 saturated carbocycles. The van der Waals surface area contributed by atoms with Gasteiger partial charge in [0.05, 0.1) is 12.1 Å². The monoisotopic (exact) mass is 263 g/mol. The molecular formula is C16H29N3. The van der Waals surface area contributed by atoms with Crippen molar-refractivity contribution in [1.82, 2.24) is 10.2 Å². The molecule has 3 nitrogen and oxygen atoms in total. The van der Waals surface area contributed by atoms with Gasteiger partial charge in [-0.05, 0) is 50.6 Å². The first-order chi connectivity index (χ1) is 9.33. The maximum atomic E-state index is 9.14. The van der Waals surface area contributed by atoms with Crippen molar-refractivity contribution in [3.63, 3.8) is 0 Å². The fraction of sp³-hybridized carbons (Fsp3) is 0.938. The average Bonchev–Trinajstić information content (AvgIpc) is 2.47. The number of nitrogens with zero attached hydrogens (tertiary/aromatic N) is 2. The topological polar surface area (TPSA) is 39.1 Å². The molecule has 2 rings (SSSR count). The molecule has 1 saturated heterocycles. The summed E-state index contributed by atoms with van der Waals surface area (Å²) in [5, 5.41) is 12.5. The van der Waals surface area contributed by atoms with Gasteiger partial charge in [0.1, 0.15) is 0 Å². The van der Waals surface area contributed by atoms with Gasteiger partial charge in [0.2, 0.25) is 0 Å². The molecule has 1 N–H and O–H groups in total. The highest BCUT2D eigenvalue weighted by atomic mass is 15.1. The van der Waals surface area contributed by atoms with Crippen molar-refractivity contribution in [2.45, 2.75) is 57.9 Å². The van der Waals surface area contributed by atoms with Crippen LogP contribution in [-0.2, 0) is 0 Å². The number of fused-ring (bicyclic) bond motifs is 1. The second kappa shape index (κ2) is 7.87. The summed E-state index contributed by atoms with van der Waals surface area (Å²) in [5.41, 5.74) is 0. The lowest BCUT2D eigenvalue weighted by Gasteiger charge is -2.41. The number of piperidine rings is 1. The van der Waals surface area contributed by atoms with Gasteiger partial charge in [-0.1, -0.05) is 26.2 Å². The van der Waals surface area contributed by atoms with Crippen molar-refractivity contribution in [1.29, 1.82) is 5.26 Å². The van der Waals surface area contributed by atoms with E-state index < -0.39 is 0 Å². The third-order valence-electron chi connectivity index (χ3n) is 4.91. The summed E-state index contributed by atoms with van der Waals surface area (Å²) in [6.45, 7) is 6.75. The smallest absolute Gasteiger partial charge is 0.0965 e. The Hall–Kier alpha value is -0.590. The zero-order valence-corrected chi connectivity index (χ0v) is 12.4. The Morgan fingerprint density at radius 1 is 1.26 bits per heavy atom. The lowest BCUT2D eigenvalue weighted by atomic mass is 9.75. The lowest BCUT2D eigenvalue weighted by Crippen LogP contribution is -2.43. The average molecular weight is 263 g/mol. The minimum Gasteiger partial charge on any atom is -0.303 e. The van der Waals surface area contributed by atoms with Crippen LogP contribution in [0.4, 0.5) is 0 Å². The first-order valence-electron chi connectivity index (χ1n) is 8.18. The van der Waals surface area contributed by atoms with Gasteiger partial charge in [-0.25, -0.2) is 0 Å². The molecule has 0 amide bonds. The number of hydrogen-bond acceptors (Lipinski definition) is 3. The second-order valence-electron chi connectivity index (χ2n) is 6.32. The Balaban J connectivity index is 1.70. The predicted molar refractivity (Wildman–Crippen MR) is 78.8 cm³/mol. The molecule has 0 radical (unpaired) electrons. The molecular weight excluding hydrogens is 234 g/mol. The number of likely N-dealkylation sites (tertiary alicyclic amines) is 1. The fourth-order valence-electron chi connectivity index (χ4n) is 3.72. The van der Waals surface area contributed by atoms with Gasteiger partial charge in [0, 0.05) is 13.1 Å². The molecule has 19 heavy (non-hydrogen) atoms. The summed E-state index contributed by atoms with van der Waals surface area (Å²) >= 11 is 0. The van der Waals surface area contributed by atoms with Crippen LogP contribution in [0.15, 0.2) is 0 Å². The molecule has 2 aliphatic rings. The van der Waals surface area contributed by atoms with Crippen LogP contribution in [0, 0.1) is 23.2 Å². The van der Waals surface area contributed by atoms with Crippen LogP contribution in [0.5, 0.6) is 0 Å². The zero-order valence-electron chi connectivity index (χ0n) is 12.4. The first-order valence-corrected chi connectivity index (χ1v) is 8.18. The molecule has 1 aliphatic carbocycles. The SMILES string of the molecule is CCCNC(C#N)CCN1CCC2CCCCC2C1. The van der Waals surface area contributed by atoms with E-state index in [4.69, 9.17) is 5.26 Å². The third-order valence-corrected chi connectivity index (χ3v) is 4.91. The summed E-state index contributed by atoms with van der Waals surface area (Å²) in [6.07, 6.45) is 9.28. The summed E-state index contributed by atoms with van der Waals surface area (Å²) < 4.78 is 0. The van der Waals surface area contributed by atoms with Crippen molar-refractivity contribution in [2.24, 2.45) is 11.8 Å². The highest BCUT2D eigenvalue weighted by Crippen LogP contribution is 2.35. The second-order valence-corrected chi connectivity index (χ2v) is 6.32. The van der Waals surface area contributed by atoms with E-state index in [0.29, 0.717) is 0 Å². The number of rotatable bonds is 6. The zero-order chi connectivity index (χ0) is 13.5. The fourth-order valence-corrected chi connectivity index (χ4v) is 3.72. The van der Waals surface area contributed by atoms with Crippen LogP contribution in [0.3, 0.4) is 0 Å². The molecule has 3 unspecified atom stereocenters. The minimum atomic E-state index is 0.0454. The van der Waals surface area contributed by atoms with Gasteiger partial charge in [-0.3, -0.25) is 0 Å². The van der Waals surface area contributed by atoms with Crippen molar-refractivity contribution in [3.8, 4) is 6.07 Å². The highest BCUT2D eigenvalue weighted by Gasteiger charge is 2.30. The van der Waals surface area contributed by atoms with Crippen LogP contribution < -0.4 is 5.32 Å². The molecule has 3 heteroatoms. The predicted octanol–water partition coefficient (Wildman–Crippen LogP) is 2.78. The van der Waals surface area contributed by atoms with Gasteiger partial charge in [0.25, 0.3) is 0 Å². The van der Waals surface area contributed by atoms with Crippen molar-refractivity contribution in [3.05, 3.63) is 0 Å². The molecule has 108 valence electrons. The number of nitriles is 1. The quantitative estimate of drug-likeness (QED) is 0.801. The van der Waals surface area contributed by atoms with E-state index in [0.717, 1.165) is 37.8 Å². The largest absolute Gasteiger partial charge is 0.303 e. The molecule has 2 fully saturated rings. The Morgan fingerprint density at radius 3 is 2.79 bits per heavy atom. The van der Waals surface area contributed by atoms with Crippen molar-refractivity contribution >= 4 is 0 Å². The van der Waals surface area contributed by atoms with E-state index in [1.807, 2.05) is 0 Å². The maximum Gasteiger partial charge on any atom is 0.0965 e. The number of nitrogens with one attached hydrogen (secondary N) is 1. The molecule has 0 aromatic heterocycles. The van der Waals surface area contributed by atoms with Crippen molar-refractivity contribution in [2.75, 3.05) is 26.2 Å². The standard InChI is InChI=1S/C16H29N3/c1-2-9-18-16(12-17)8-11-19-10-7-14-5-3-4-6-15(14)13-19/h14-16,18H,2-11,13H2,1H3. The van der Waals surface area contributed by atoms with Crippen LogP contribution in [0.1, 0.15) is 51.9 Å². The molecule has 0 spiro atoms. The maximum absolute atomic E-state index is 9.14. The Bertz CT molecular complexity index is 297. The number of hydrogen-bond donors (Lipinski definition) is 1. The van der Waals surface area contributed by atoms with Gasteiger partial charge in [-0.2, -0.15) is 5.26 Å². The Morgan fingerprint density at radius 2 is 2.05 bits per heavy atom. The van der Waals surface area contributed by atoms with Gasteiger partial charge >= 0.3 is 0 Å². The minimum absolute atomic E-state index is 0.0454. The highest BCUT2D eigenvalue weighted by molar-refractivity contribution is 4.91. The summed E-state index contributed by atoms with van der Waals surface area (Å²) in [6, 6.07) is 2.44. The van der Waals surface area contributed by atoms with Crippen LogP contribution >= 0.6 is 0 Å². The summed E-state index contributed by atoms with van der Waals surface area (Å²) in [4.78, 5) is 2.60. The van der Waals surface area contributed by atoms with E-state index in [-0.39, 0.29) is 6.04 Å². The molecule has 3 atom stereocenters. The Kier molecular flexibility index (Phi) is 6.13. The van der Waals surface area contributed by atoms with E-state index in [1.165, 1.54) is 45.2 Å². The first kappa shape index (κ1) is 14.8. The van der Waals surface area contributed by atoms with E-state index >= 15 is 0 Å². The molecule has 0 aromatic carbocycles. The normalized spacial score (nSPS) is 29.5. The third kappa shape index (κ3) is 4.47. The van der Waals surface area contributed by atoms with E-state index in [9.17, 15) is 0 Å². The molecule has 1 aliphatic heterocycles. The lowest BCUT2D eigenvalue weighted by molar-refractivity contribution is 0.0851. The summed E-state index contributed by atoms with van der Waals surface area (Å²) in [7, 11) is 0.